The first-order valence-electron chi connectivity index (χ1n) is 6.14. The first-order chi connectivity index (χ1) is 8.77. The molecule has 0 fully saturated rings. The molecule has 2 aromatic rings. The molecule has 0 aliphatic carbocycles. The molecule has 0 radical (unpaired) electrons. The number of phenols is 3. The van der Waals surface area contributed by atoms with Crippen LogP contribution in [0.25, 0.3) is 11.1 Å². The predicted octanol–water partition coefficient (Wildman–Crippen LogP) is 3.77. The Hall–Kier alpha value is -2.16. The maximum absolute atomic E-state index is 9.93. The van der Waals surface area contributed by atoms with E-state index in [1.807, 2.05) is 26.8 Å². The Labute approximate surface area is 112 Å². The van der Waals surface area contributed by atoms with E-state index in [1.165, 1.54) is 6.07 Å². The highest BCUT2D eigenvalue weighted by Crippen LogP contribution is 2.36. The third-order valence-electron chi connectivity index (χ3n) is 3.04. The minimum absolute atomic E-state index is 0.0142. The van der Waals surface area contributed by atoms with E-state index in [1.54, 1.807) is 24.3 Å². The molecular weight excluding hydrogens is 240 g/mol. The van der Waals surface area contributed by atoms with E-state index < -0.39 is 0 Å². The van der Waals surface area contributed by atoms with Crippen LogP contribution in [0, 0.1) is 0 Å². The van der Waals surface area contributed by atoms with Crippen molar-refractivity contribution in [2.75, 3.05) is 0 Å². The summed E-state index contributed by atoms with van der Waals surface area (Å²) < 4.78 is 0. The van der Waals surface area contributed by atoms with Gasteiger partial charge in [0.1, 0.15) is 17.2 Å². The molecule has 0 spiro atoms. The second kappa shape index (κ2) is 4.50. The first kappa shape index (κ1) is 13.3. The zero-order chi connectivity index (χ0) is 14.2. The SMILES string of the molecule is CC(C)(C)c1cc(-c2cc(O)cc(O)c2)ccc1O. The molecule has 0 saturated heterocycles. The Bertz CT molecular complexity index is 590. The number of benzene rings is 2. The van der Waals surface area contributed by atoms with Crippen LogP contribution in [0.3, 0.4) is 0 Å². The summed E-state index contributed by atoms with van der Waals surface area (Å²) >= 11 is 0. The molecule has 0 heterocycles. The average Bonchev–Trinajstić information content (AvgIpc) is 2.26. The molecule has 0 amide bonds. The summed E-state index contributed by atoms with van der Waals surface area (Å²) in [6.07, 6.45) is 0. The maximum Gasteiger partial charge on any atom is 0.119 e. The van der Waals surface area contributed by atoms with Crippen LogP contribution in [0.1, 0.15) is 26.3 Å². The molecule has 19 heavy (non-hydrogen) atoms. The van der Waals surface area contributed by atoms with Crippen molar-refractivity contribution in [3.8, 4) is 28.4 Å². The number of rotatable bonds is 1. The molecular formula is C16H18O3. The lowest BCUT2D eigenvalue weighted by Crippen LogP contribution is -2.11. The third-order valence-corrected chi connectivity index (χ3v) is 3.04. The summed E-state index contributed by atoms with van der Waals surface area (Å²) in [7, 11) is 0. The highest BCUT2D eigenvalue weighted by Gasteiger charge is 2.18. The fourth-order valence-corrected chi connectivity index (χ4v) is 2.08. The monoisotopic (exact) mass is 258 g/mol. The van der Waals surface area contributed by atoms with Crippen molar-refractivity contribution in [1.82, 2.24) is 0 Å². The maximum atomic E-state index is 9.93. The minimum Gasteiger partial charge on any atom is -0.508 e. The Morgan fingerprint density at radius 3 is 1.84 bits per heavy atom. The standard InChI is InChI=1S/C16H18O3/c1-16(2,3)14-8-10(4-5-15(14)19)11-6-12(17)9-13(18)7-11/h4-9,17-19H,1-3H3. The highest BCUT2D eigenvalue weighted by atomic mass is 16.3. The van der Waals surface area contributed by atoms with Gasteiger partial charge in [-0.2, -0.15) is 0 Å². The van der Waals surface area contributed by atoms with Crippen molar-refractivity contribution in [1.29, 1.82) is 0 Å². The highest BCUT2D eigenvalue weighted by molar-refractivity contribution is 5.69. The number of hydrogen-bond donors (Lipinski definition) is 3. The van der Waals surface area contributed by atoms with E-state index in [0.717, 1.165) is 11.1 Å². The van der Waals surface area contributed by atoms with Crippen LogP contribution in [0.15, 0.2) is 36.4 Å². The summed E-state index contributed by atoms with van der Waals surface area (Å²) in [5.74, 6) is 0.279. The Balaban J connectivity index is 2.58. The lowest BCUT2D eigenvalue weighted by atomic mass is 9.84. The van der Waals surface area contributed by atoms with Gasteiger partial charge in [-0.05, 0) is 46.4 Å². The second-order valence-electron chi connectivity index (χ2n) is 5.72. The van der Waals surface area contributed by atoms with Gasteiger partial charge in [-0.1, -0.05) is 26.8 Å². The molecule has 100 valence electrons. The summed E-state index contributed by atoms with van der Waals surface area (Å²) in [6.45, 7) is 6.06. The quantitative estimate of drug-likeness (QED) is 0.729. The third kappa shape index (κ3) is 2.81. The zero-order valence-corrected chi connectivity index (χ0v) is 11.3. The fourth-order valence-electron chi connectivity index (χ4n) is 2.08. The second-order valence-corrected chi connectivity index (χ2v) is 5.72. The minimum atomic E-state index is -0.182. The van der Waals surface area contributed by atoms with Gasteiger partial charge in [-0.15, -0.1) is 0 Å². The molecule has 0 aliphatic rings. The van der Waals surface area contributed by atoms with Gasteiger partial charge in [0.05, 0.1) is 0 Å². The largest absolute Gasteiger partial charge is 0.508 e. The van der Waals surface area contributed by atoms with Gasteiger partial charge in [0.25, 0.3) is 0 Å². The summed E-state index contributed by atoms with van der Waals surface area (Å²) in [6, 6.07) is 9.73. The molecule has 0 atom stereocenters. The molecule has 2 aromatic carbocycles. The predicted molar refractivity (Wildman–Crippen MR) is 75.6 cm³/mol. The van der Waals surface area contributed by atoms with Crippen molar-refractivity contribution in [2.24, 2.45) is 0 Å². The van der Waals surface area contributed by atoms with Gasteiger partial charge in [0.15, 0.2) is 0 Å². The molecule has 0 saturated carbocycles. The van der Waals surface area contributed by atoms with Crippen molar-refractivity contribution in [3.05, 3.63) is 42.0 Å². The van der Waals surface area contributed by atoms with Crippen LogP contribution >= 0.6 is 0 Å². The van der Waals surface area contributed by atoms with Crippen molar-refractivity contribution in [3.63, 3.8) is 0 Å². The molecule has 3 heteroatoms. The average molecular weight is 258 g/mol. The lowest BCUT2D eigenvalue weighted by Gasteiger charge is -2.21. The van der Waals surface area contributed by atoms with Crippen LogP contribution in [0.4, 0.5) is 0 Å². The van der Waals surface area contributed by atoms with Gasteiger partial charge >= 0.3 is 0 Å². The summed E-state index contributed by atoms with van der Waals surface area (Å²) in [4.78, 5) is 0. The summed E-state index contributed by atoms with van der Waals surface area (Å²) in [5, 5.41) is 29.0. The van der Waals surface area contributed by atoms with E-state index >= 15 is 0 Å². The van der Waals surface area contributed by atoms with E-state index in [2.05, 4.69) is 0 Å². The fraction of sp³-hybridized carbons (Fsp3) is 0.250. The molecule has 3 N–H and O–H groups in total. The Morgan fingerprint density at radius 2 is 1.32 bits per heavy atom. The van der Waals surface area contributed by atoms with Crippen molar-refractivity contribution >= 4 is 0 Å². The Kier molecular flexibility index (Phi) is 3.14. The van der Waals surface area contributed by atoms with Gasteiger partial charge < -0.3 is 15.3 Å². The van der Waals surface area contributed by atoms with E-state index in [9.17, 15) is 15.3 Å². The number of hydrogen-bond acceptors (Lipinski definition) is 3. The van der Waals surface area contributed by atoms with E-state index in [0.29, 0.717) is 5.56 Å². The van der Waals surface area contributed by atoms with Gasteiger partial charge in [-0.25, -0.2) is 0 Å². The normalized spacial score (nSPS) is 11.5. The van der Waals surface area contributed by atoms with E-state index in [4.69, 9.17) is 0 Å². The van der Waals surface area contributed by atoms with Crippen LogP contribution in [-0.2, 0) is 5.41 Å². The molecule has 0 bridgehead atoms. The zero-order valence-electron chi connectivity index (χ0n) is 11.3. The van der Waals surface area contributed by atoms with Crippen molar-refractivity contribution in [2.45, 2.75) is 26.2 Å². The van der Waals surface area contributed by atoms with Gasteiger partial charge in [-0.3, -0.25) is 0 Å². The summed E-state index contributed by atoms with van der Waals surface area (Å²) in [5.41, 5.74) is 2.20. The van der Waals surface area contributed by atoms with Crippen LogP contribution in [0.5, 0.6) is 17.2 Å². The van der Waals surface area contributed by atoms with E-state index in [-0.39, 0.29) is 22.7 Å². The van der Waals surface area contributed by atoms with Gasteiger partial charge in [0.2, 0.25) is 0 Å². The number of aromatic hydroxyl groups is 3. The molecule has 0 aromatic heterocycles. The van der Waals surface area contributed by atoms with Crippen LogP contribution < -0.4 is 0 Å². The Morgan fingerprint density at radius 1 is 0.737 bits per heavy atom. The smallest absolute Gasteiger partial charge is 0.119 e. The van der Waals surface area contributed by atoms with Gasteiger partial charge in [0, 0.05) is 6.07 Å². The number of phenolic OH excluding ortho intramolecular Hbond substituents is 3. The molecule has 2 rings (SSSR count). The molecule has 0 unspecified atom stereocenters. The van der Waals surface area contributed by atoms with Crippen molar-refractivity contribution < 1.29 is 15.3 Å². The molecule has 3 nitrogen and oxygen atoms in total. The van der Waals surface area contributed by atoms with Crippen LogP contribution in [0.2, 0.25) is 0 Å². The molecule has 0 aliphatic heterocycles. The lowest BCUT2D eigenvalue weighted by molar-refractivity contribution is 0.447. The van der Waals surface area contributed by atoms with Crippen LogP contribution in [-0.4, -0.2) is 15.3 Å². The topological polar surface area (TPSA) is 60.7 Å². The first-order valence-corrected chi connectivity index (χ1v) is 6.14.